The summed E-state index contributed by atoms with van der Waals surface area (Å²) < 4.78 is 19.3. The number of aliphatic hydroxyl groups excluding tert-OH is 1. The van der Waals surface area contributed by atoms with Crippen LogP contribution < -0.4 is 10.2 Å². The first kappa shape index (κ1) is 17.0. The summed E-state index contributed by atoms with van der Waals surface area (Å²) in [5, 5.41) is 13.2. The summed E-state index contributed by atoms with van der Waals surface area (Å²) >= 11 is 0. The van der Waals surface area contributed by atoms with E-state index in [9.17, 15) is 9.50 Å². The molecule has 0 bridgehead atoms. The maximum atomic E-state index is 13.8. The van der Waals surface area contributed by atoms with Gasteiger partial charge in [-0.05, 0) is 62.6 Å². The van der Waals surface area contributed by atoms with Crippen LogP contribution in [-0.4, -0.2) is 24.3 Å². The standard InChI is InChI=1S/C19H25FN2O2/c1-13(21-14(2)19-4-3-11-24-19)17-12-15(20)5-6-18(17)22-9-7-16(23)8-10-22/h3-6,11-14,16,21,23H,7-10H2,1-2H3/t13-,14+/m1/s1. The zero-order valence-electron chi connectivity index (χ0n) is 14.2. The minimum atomic E-state index is -0.231. The van der Waals surface area contributed by atoms with Crippen molar-refractivity contribution in [1.29, 1.82) is 0 Å². The lowest BCUT2D eigenvalue weighted by Gasteiger charge is -2.34. The fraction of sp³-hybridized carbons (Fsp3) is 0.474. The zero-order valence-corrected chi connectivity index (χ0v) is 14.2. The smallest absolute Gasteiger partial charge is 0.123 e. The van der Waals surface area contributed by atoms with Crippen molar-refractivity contribution in [1.82, 2.24) is 5.32 Å². The molecule has 2 heterocycles. The lowest BCUT2D eigenvalue weighted by molar-refractivity contribution is 0.145. The van der Waals surface area contributed by atoms with Crippen LogP contribution in [0.5, 0.6) is 0 Å². The molecule has 0 unspecified atom stereocenters. The molecule has 0 aliphatic carbocycles. The minimum absolute atomic E-state index is 0.0253. The Balaban J connectivity index is 1.79. The molecule has 1 aromatic carbocycles. The molecule has 130 valence electrons. The highest BCUT2D eigenvalue weighted by Crippen LogP contribution is 2.31. The molecule has 1 aliphatic rings. The number of hydrogen-bond donors (Lipinski definition) is 2. The van der Waals surface area contributed by atoms with Crippen molar-refractivity contribution in [3.05, 3.63) is 53.7 Å². The van der Waals surface area contributed by atoms with Gasteiger partial charge in [0.2, 0.25) is 0 Å². The van der Waals surface area contributed by atoms with Gasteiger partial charge in [0.15, 0.2) is 0 Å². The molecule has 1 aliphatic heterocycles. The molecule has 3 rings (SSSR count). The molecule has 0 radical (unpaired) electrons. The summed E-state index contributed by atoms with van der Waals surface area (Å²) in [6.07, 6.45) is 2.94. The number of nitrogens with zero attached hydrogens (tertiary/aromatic N) is 1. The van der Waals surface area contributed by atoms with Crippen LogP contribution in [0.1, 0.15) is 50.1 Å². The van der Waals surface area contributed by atoms with E-state index in [0.717, 1.165) is 42.9 Å². The van der Waals surface area contributed by atoms with Gasteiger partial charge in [0.1, 0.15) is 11.6 Å². The number of piperidine rings is 1. The highest BCUT2D eigenvalue weighted by Gasteiger charge is 2.22. The van der Waals surface area contributed by atoms with Gasteiger partial charge in [0.25, 0.3) is 0 Å². The summed E-state index contributed by atoms with van der Waals surface area (Å²) in [7, 11) is 0. The van der Waals surface area contributed by atoms with Crippen LogP contribution in [0.4, 0.5) is 10.1 Å². The van der Waals surface area contributed by atoms with Crippen LogP contribution in [0.2, 0.25) is 0 Å². The highest BCUT2D eigenvalue weighted by molar-refractivity contribution is 5.55. The lowest BCUT2D eigenvalue weighted by Crippen LogP contribution is -2.37. The molecule has 1 aromatic heterocycles. The number of halogens is 1. The van der Waals surface area contributed by atoms with Gasteiger partial charge in [-0.2, -0.15) is 0 Å². The SMILES string of the molecule is C[C@H](N[C@H](C)c1cc(F)ccc1N1CCC(O)CC1)c1ccco1. The topological polar surface area (TPSA) is 48.6 Å². The Hall–Kier alpha value is -1.85. The van der Waals surface area contributed by atoms with E-state index in [1.165, 1.54) is 6.07 Å². The molecule has 4 nitrogen and oxygen atoms in total. The predicted octanol–water partition coefficient (Wildman–Crippen LogP) is 3.79. The fourth-order valence-electron chi connectivity index (χ4n) is 3.35. The van der Waals surface area contributed by atoms with E-state index in [1.807, 2.05) is 32.0 Å². The van der Waals surface area contributed by atoms with Gasteiger partial charge in [-0.1, -0.05) is 0 Å². The second-order valence-electron chi connectivity index (χ2n) is 6.55. The molecular formula is C19H25FN2O2. The number of anilines is 1. The molecule has 1 saturated heterocycles. The molecular weight excluding hydrogens is 307 g/mol. The molecule has 2 aromatic rings. The van der Waals surface area contributed by atoms with Crippen molar-refractivity contribution >= 4 is 5.69 Å². The largest absolute Gasteiger partial charge is 0.468 e. The van der Waals surface area contributed by atoms with Gasteiger partial charge in [-0.25, -0.2) is 4.39 Å². The Morgan fingerprint density at radius 3 is 2.62 bits per heavy atom. The molecule has 0 saturated carbocycles. The van der Waals surface area contributed by atoms with E-state index in [2.05, 4.69) is 10.2 Å². The first-order chi connectivity index (χ1) is 11.5. The number of rotatable bonds is 5. The third kappa shape index (κ3) is 3.79. The van der Waals surface area contributed by atoms with Crippen molar-refractivity contribution in [2.45, 2.75) is 44.9 Å². The normalized spacial score (nSPS) is 18.6. The van der Waals surface area contributed by atoms with Crippen LogP contribution in [0.3, 0.4) is 0 Å². The first-order valence-electron chi connectivity index (χ1n) is 8.56. The van der Waals surface area contributed by atoms with E-state index in [1.54, 1.807) is 12.3 Å². The van der Waals surface area contributed by atoms with Crippen LogP contribution in [-0.2, 0) is 0 Å². The molecule has 5 heteroatoms. The maximum absolute atomic E-state index is 13.8. The predicted molar refractivity (Wildman–Crippen MR) is 92.5 cm³/mol. The Kier molecular flexibility index (Phi) is 5.21. The highest BCUT2D eigenvalue weighted by atomic mass is 19.1. The summed E-state index contributed by atoms with van der Waals surface area (Å²) in [4.78, 5) is 2.23. The maximum Gasteiger partial charge on any atom is 0.123 e. The molecule has 2 atom stereocenters. The van der Waals surface area contributed by atoms with Crippen molar-refractivity contribution in [3.8, 4) is 0 Å². The van der Waals surface area contributed by atoms with Gasteiger partial charge in [0.05, 0.1) is 18.4 Å². The summed E-state index contributed by atoms with van der Waals surface area (Å²) in [5.74, 6) is 0.631. The molecule has 2 N–H and O–H groups in total. The number of aliphatic hydroxyl groups is 1. The van der Waals surface area contributed by atoms with Crippen LogP contribution in [0.25, 0.3) is 0 Å². The first-order valence-corrected chi connectivity index (χ1v) is 8.56. The van der Waals surface area contributed by atoms with Crippen LogP contribution in [0.15, 0.2) is 41.0 Å². The molecule has 1 fully saturated rings. The molecule has 0 amide bonds. The third-order valence-corrected chi connectivity index (χ3v) is 4.73. The van der Waals surface area contributed by atoms with Gasteiger partial charge in [-0.15, -0.1) is 0 Å². The van der Waals surface area contributed by atoms with Crippen LogP contribution >= 0.6 is 0 Å². The van der Waals surface area contributed by atoms with Crippen LogP contribution in [0, 0.1) is 5.82 Å². The van der Waals surface area contributed by atoms with Crippen molar-refractivity contribution in [2.75, 3.05) is 18.0 Å². The average molecular weight is 332 g/mol. The van der Waals surface area contributed by atoms with Gasteiger partial charge < -0.3 is 19.7 Å². The number of furan rings is 1. The number of nitrogens with one attached hydrogen (secondary N) is 1. The van der Waals surface area contributed by atoms with Crippen molar-refractivity contribution in [2.24, 2.45) is 0 Å². The quantitative estimate of drug-likeness (QED) is 0.874. The summed E-state index contributed by atoms with van der Waals surface area (Å²) in [6.45, 7) is 5.66. The minimum Gasteiger partial charge on any atom is -0.468 e. The zero-order chi connectivity index (χ0) is 17.1. The number of benzene rings is 1. The molecule has 24 heavy (non-hydrogen) atoms. The van der Waals surface area contributed by atoms with E-state index < -0.39 is 0 Å². The second kappa shape index (κ2) is 7.36. The monoisotopic (exact) mass is 332 g/mol. The van der Waals surface area contributed by atoms with Crippen molar-refractivity contribution in [3.63, 3.8) is 0 Å². The Morgan fingerprint density at radius 1 is 1.21 bits per heavy atom. The summed E-state index contributed by atoms with van der Waals surface area (Å²) in [6, 6.07) is 8.77. The fourth-order valence-corrected chi connectivity index (χ4v) is 3.35. The van der Waals surface area contributed by atoms with E-state index in [-0.39, 0.29) is 24.0 Å². The third-order valence-electron chi connectivity index (χ3n) is 4.73. The Morgan fingerprint density at radius 2 is 1.96 bits per heavy atom. The van der Waals surface area contributed by atoms with E-state index >= 15 is 0 Å². The van der Waals surface area contributed by atoms with Crippen molar-refractivity contribution < 1.29 is 13.9 Å². The van der Waals surface area contributed by atoms with E-state index in [0.29, 0.717) is 0 Å². The van der Waals surface area contributed by atoms with E-state index in [4.69, 9.17) is 4.42 Å². The Bertz CT molecular complexity index is 651. The second-order valence-corrected chi connectivity index (χ2v) is 6.55. The molecule has 0 spiro atoms. The van der Waals surface area contributed by atoms with Gasteiger partial charge in [0, 0.05) is 24.8 Å². The average Bonchev–Trinajstić information content (AvgIpc) is 3.10. The van der Waals surface area contributed by atoms with Gasteiger partial charge >= 0.3 is 0 Å². The van der Waals surface area contributed by atoms with Gasteiger partial charge in [-0.3, -0.25) is 0 Å². The lowest BCUT2D eigenvalue weighted by atomic mass is 10.0. The summed E-state index contributed by atoms with van der Waals surface area (Å²) in [5.41, 5.74) is 1.97. The Labute approximate surface area is 142 Å². The number of hydrogen-bond acceptors (Lipinski definition) is 4.